The molecule has 2 aromatic rings. The van der Waals surface area contributed by atoms with Crippen molar-refractivity contribution in [1.82, 2.24) is 15.0 Å². The summed E-state index contributed by atoms with van der Waals surface area (Å²) in [4.78, 5) is 13.6. The van der Waals surface area contributed by atoms with E-state index in [1.54, 1.807) is 0 Å². The van der Waals surface area contributed by atoms with Crippen LogP contribution < -0.4 is 5.32 Å². The van der Waals surface area contributed by atoms with E-state index >= 15 is 0 Å². The van der Waals surface area contributed by atoms with Crippen molar-refractivity contribution >= 4 is 23.2 Å². The molecule has 1 unspecified atom stereocenters. The van der Waals surface area contributed by atoms with E-state index in [1.807, 2.05) is 38.8 Å². The first kappa shape index (κ1) is 23.8. The Labute approximate surface area is 185 Å². The number of alkyl halides is 3. The number of halogens is 4. The molecule has 1 saturated heterocycles. The number of hydrogen-bond donors (Lipinski definition) is 1. The highest BCUT2D eigenvalue weighted by atomic mass is 35.5. The predicted octanol–water partition coefficient (Wildman–Crippen LogP) is 6.42. The van der Waals surface area contributed by atoms with Crippen LogP contribution in [0.2, 0.25) is 5.15 Å². The van der Waals surface area contributed by atoms with E-state index in [0.717, 1.165) is 42.7 Å². The molecule has 2 heterocycles. The summed E-state index contributed by atoms with van der Waals surface area (Å²) < 4.78 is 38.6. The third-order valence-electron chi connectivity index (χ3n) is 5.35. The molecule has 1 atom stereocenters. The fraction of sp³-hybridized carbons (Fsp3) is 0.545. The second kappa shape index (κ2) is 8.92. The molecule has 0 aliphatic carbocycles. The number of hydrogen-bond acceptors (Lipinski definition) is 5. The van der Waals surface area contributed by atoms with Crippen LogP contribution in [0.15, 0.2) is 18.3 Å². The molecule has 1 N–H and O–H groups in total. The predicted molar refractivity (Wildman–Crippen MR) is 116 cm³/mol. The highest BCUT2D eigenvalue weighted by Gasteiger charge is 2.34. The summed E-state index contributed by atoms with van der Waals surface area (Å²) in [6.45, 7) is 11.9. The van der Waals surface area contributed by atoms with Gasteiger partial charge in [0.25, 0.3) is 0 Å². The molecule has 0 radical (unpaired) electrons. The number of piperidine rings is 1. The number of nitrogens with one attached hydrogen (secondary N) is 1. The van der Waals surface area contributed by atoms with Crippen molar-refractivity contribution in [2.45, 2.75) is 65.2 Å². The molecule has 3 rings (SSSR count). The molecular formula is C22H28ClF3N4O. The zero-order chi connectivity index (χ0) is 23.0. The van der Waals surface area contributed by atoms with Gasteiger partial charge in [-0.05, 0) is 76.1 Å². The van der Waals surface area contributed by atoms with Gasteiger partial charge < -0.3 is 5.32 Å². The van der Waals surface area contributed by atoms with E-state index in [2.05, 4.69) is 28.3 Å². The quantitative estimate of drug-likeness (QED) is 0.538. The minimum absolute atomic E-state index is 0.0238. The molecule has 0 bridgehead atoms. The minimum Gasteiger partial charge on any atom is -0.324 e. The first-order valence-corrected chi connectivity index (χ1v) is 10.6. The Hall–Kier alpha value is -1.90. The number of aromatic nitrogens is 2. The van der Waals surface area contributed by atoms with Gasteiger partial charge in [-0.15, -0.1) is 0 Å². The molecule has 1 aromatic heterocycles. The standard InChI is InChI=1S/C22H28ClF3N4O/c1-13-14(2)18(28-20-27-11-17(19(23)29-20)22(24,25)26)9-8-16(13)15-7-6-10-30(12-15)31-21(3,4)5/h8-9,11,15H,6-7,10,12H2,1-5H3,(H,27,28,29). The zero-order valence-electron chi connectivity index (χ0n) is 18.4. The van der Waals surface area contributed by atoms with Crippen LogP contribution in [-0.4, -0.2) is 33.7 Å². The van der Waals surface area contributed by atoms with Gasteiger partial charge in [0, 0.05) is 25.0 Å². The second-order valence-electron chi connectivity index (χ2n) is 8.90. The van der Waals surface area contributed by atoms with E-state index in [9.17, 15) is 13.2 Å². The van der Waals surface area contributed by atoms with Crippen LogP contribution in [0.5, 0.6) is 0 Å². The van der Waals surface area contributed by atoms with Crippen LogP contribution >= 0.6 is 11.6 Å². The number of hydroxylamine groups is 2. The third kappa shape index (κ3) is 5.87. The van der Waals surface area contributed by atoms with Gasteiger partial charge >= 0.3 is 6.18 Å². The molecule has 1 fully saturated rings. The Bertz CT molecular complexity index is 944. The van der Waals surface area contributed by atoms with Crippen molar-refractivity contribution in [3.05, 3.63) is 45.7 Å². The van der Waals surface area contributed by atoms with E-state index < -0.39 is 16.9 Å². The minimum atomic E-state index is -4.59. The van der Waals surface area contributed by atoms with Gasteiger partial charge in [0.05, 0.1) is 5.60 Å². The Morgan fingerprint density at radius 1 is 1.16 bits per heavy atom. The van der Waals surface area contributed by atoms with Crippen LogP contribution in [0.1, 0.15) is 61.8 Å². The zero-order valence-corrected chi connectivity index (χ0v) is 19.2. The van der Waals surface area contributed by atoms with E-state index in [1.165, 1.54) is 5.56 Å². The Balaban J connectivity index is 1.79. The van der Waals surface area contributed by atoms with Gasteiger partial charge in [-0.25, -0.2) is 9.97 Å². The first-order valence-electron chi connectivity index (χ1n) is 10.3. The van der Waals surface area contributed by atoms with Crippen LogP contribution in [0.25, 0.3) is 0 Å². The molecule has 9 heteroatoms. The van der Waals surface area contributed by atoms with Gasteiger partial charge in [-0.1, -0.05) is 17.7 Å². The maximum absolute atomic E-state index is 12.9. The third-order valence-corrected chi connectivity index (χ3v) is 5.64. The summed E-state index contributed by atoms with van der Waals surface area (Å²) in [5.41, 5.74) is 2.81. The molecule has 1 aromatic carbocycles. The first-order chi connectivity index (χ1) is 14.3. The maximum Gasteiger partial charge on any atom is 0.420 e. The molecule has 1 aliphatic rings. The Morgan fingerprint density at radius 2 is 1.87 bits per heavy atom. The van der Waals surface area contributed by atoms with Crippen molar-refractivity contribution in [3.63, 3.8) is 0 Å². The van der Waals surface area contributed by atoms with Gasteiger partial charge in [0.15, 0.2) is 0 Å². The summed E-state index contributed by atoms with van der Waals surface area (Å²) >= 11 is 5.71. The average molecular weight is 457 g/mol. The van der Waals surface area contributed by atoms with Gasteiger partial charge in [0.2, 0.25) is 5.95 Å². The molecule has 1 aliphatic heterocycles. The van der Waals surface area contributed by atoms with Crippen LogP contribution in [0, 0.1) is 13.8 Å². The molecule has 0 amide bonds. The van der Waals surface area contributed by atoms with E-state index in [0.29, 0.717) is 12.1 Å². The molecular weight excluding hydrogens is 429 g/mol. The molecule has 170 valence electrons. The SMILES string of the molecule is Cc1c(Nc2ncc(C(F)(F)F)c(Cl)n2)ccc(C2CCCN(OC(C)(C)C)C2)c1C. The van der Waals surface area contributed by atoms with Gasteiger partial charge in [-0.3, -0.25) is 4.84 Å². The topological polar surface area (TPSA) is 50.3 Å². The summed E-state index contributed by atoms with van der Waals surface area (Å²) in [7, 11) is 0. The Morgan fingerprint density at radius 3 is 2.48 bits per heavy atom. The van der Waals surface area contributed by atoms with Crippen LogP contribution in [-0.2, 0) is 11.0 Å². The fourth-order valence-electron chi connectivity index (χ4n) is 3.82. The van der Waals surface area contributed by atoms with Crippen molar-refractivity contribution in [2.24, 2.45) is 0 Å². The molecule has 0 saturated carbocycles. The van der Waals surface area contributed by atoms with Crippen LogP contribution in [0.3, 0.4) is 0 Å². The Kier molecular flexibility index (Phi) is 6.84. The summed E-state index contributed by atoms with van der Waals surface area (Å²) in [5, 5.41) is 4.41. The number of rotatable bonds is 4. The van der Waals surface area contributed by atoms with Crippen molar-refractivity contribution < 1.29 is 18.0 Å². The molecule has 5 nitrogen and oxygen atoms in total. The van der Waals surface area contributed by atoms with Gasteiger partial charge in [-0.2, -0.15) is 18.2 Å². The van der Waals surface area contributed by atoms with Gasteiger partial charge in [0.1, 0.15) is 10.7 Å². The fourth-order valence-corrected chi connectivity index (χ4v) is 4.05. The summed E-state index contributed by atoms with van der Waals surface area (Å²) in [5.74, 6) is 0.372. The lowest BCUT2D eigenvalue weighted by atomic mass is 9.86. The monoisotopic (exact) mass is 456 g/mol. The molecule has 31 heavy (non-hydrogen) atoms. The van der Waals surface area contributed by atoms with E-state index in [4.69, 9.17) is 16.4 Å². The maximum atomic E-state index is 12.9. The van der Waals surface area contributed by atoms with Crippen LogP contribution in [0.4, 0.5) is 24.8 Å². The second-order valence-corrected chi connectivity index (χ2v) is 9.26. The highest BCUT2D eigenvalue weighted by molar-refractivity contribution is 6.30. The van der Waals surface area contributed by atoms with Crippen molar-refractivity contribution in [1.29, 1.82) is 0 Å². The normalized spacial score (nSPS) is 18.3. The highest BCUT2D eigenvalue weighted by Crippen LogP contribution is 2.36. The van der Waals surface area contributed by atoms with E-state index in [-0.39, 0.29) is 11.5 Å². The number of benzene rings is 1. The lowest BCUT2D eigenvalue weighted by Gasteiger charge is -2.37. The largest absolute Gasteiger partial charge is 0.420 e. The van der Waals surface area contributed by atoms with Crippen molar-refractivity contribution in [3.8, 4) is 0 Å². The van der Waals surface area contributed by atoms with Crippen molar-refractivity contribution in [2.75, 3.05) is 18.4 Å². The summed E-state index contributed by atoms with van der Waals surface area (Å²) in [6, 6.07) is 3.97. The lowest BCUT2D eigenvalue weighted by Crippen LogP contribution is -2.40. The lowest BCUT2D eigenvalue weighted by molar-refractivity contribution is -0.237. The number of anilines is 2. The summed E-state index contributed by atoms with van der Waals surface area (Å²) in [6.07, 6.45) is -1.76. The molecule has 0 spiro atoms. The number of nitrogens with zero attached hydrogens (tertiary/aromatic N) is 3. The average Bonchev–Trinajstić information content (AvgIpc) is 2.63. The smallest absolute Gasteiger partial charge is 0.324 e.